The van der Waals surface area contributed by atoms with E-state index in [9.17, 15) is 15.3 Å². The Kier molecular flexibility index (Phi) is 5.67. The maximum absolute atomic E-state index is 9.43. The van der Waals surface area contributed by atoms with Crippen LogP contribution in [0.4, 0.5) is 0 Å². The summed E-state index contributed by atoms with van der Waals surface area (Å²) in [5, 5.41) is 31.4. The molecule has 0 radical (unpaired) electrons. The Labute approximate surface area is 131 Å². The van der Waals surface area contributed by atoms with Crippen molar-refractivity contribution in [3.63, 3.8) is 0 Å². The van der Waals surface area contributed by atoms with Crippen LogP contribution < -0.4 is 5.32 Å². The van der Waals surface area contributed by atoms with Gasteiger partial charge in [0.1, 0.15) is 5.75 Å². The zero-order valence-corrected chi connectivity index (χ0v) is 12.8. The van der Waals surface area contributed by atoms with Crippen LogP contribution in [0.3, 0.4) is 0 Å². The van der Waals surface area contributed by atoms with Crippen LogP contribution in [0.5, 0.6) is 17.2 Å². The third kappa shape index (κ3) is 4.67. The van der Waals surface area contributed by atoms with Crippen molar-refractivity contribution in [1.29, 1.82) is 0 Å². The quantitative estimate of drug-likeness (QED) is 0.468. The molecule has 0 saturated carbocycles. The van der Waals surface area contributed by atoms with Gasteiger partial charge in [-0.25, -0.2) is 0 Å². The fourth-order valence-electron chi connectivity index (χ4n) is 2.37. The zero-order valence-electron chi connectivity index (χ0n) is 12.8. The van der Waals surface area contributed by atoms with Gasteiger partial charge < -0.3 is 20.6 Å². The molecule has 0 aliphatic carbocycles. The van der Waals surface area contributed by atoms with Crippen LogP contribution >= 0.6 is 0 Å². The molecule has 2 rings (SSSR count). The normalized spacial score (nSPS) is 12.2. The zero-order chi connectivity index (χ0) is 15.9. The van der Waals surface area contributed by atoms with E-state index in [1.54, 1.807) is 18.2 Å². The first-order valence-electron chi connectivity index (χ1n) is 7.57. The minimum atomic E-state index is -0.0839. The molecule has 0 fully saturated rings. The van der Waals surface area contributed by atoms with Gasteiger partial charge in [0, 0.05) is 0 Å². The Bertz CT molecular complexity index is 596. The lowest BCUT2D eigenvalue weighted by Gasteiger charge is -2.12. The minimum Gasteiger partial charge on any atom is -0.508 e. The van der Waals surface area contributed by atoms with Crippen molar-refractivity contribution in [2.45, 2.75) is 25.7 Å². The van der Waals surface area contributed by atoms with E-state index < -0.39 is 0 Å². The highest BCUT2D eigenvalue weighted by molar-refractivity contribution is 5.40. The summed E-state index contributed by atoms with van der Waals surface area (Å²) in [6, 6.07) is 12.3. The Hall–Kier alpha value is -2.20. The fourth-order valence-corrected chi connectivity index (χ4v) is 2.37. The predicted octanol–water partition coefficient (Wildman–Crippen LogP) is 3.13. The first-order valence-corrected chi connectivity index (χ1v) is 7.57. The van der Waals surface area contributed by atoms with E-state index in [-0.39, 0.29) is 11.5 Å². The molecule has 0 saturated heterocycles. The molecule has 1 atom stereocenters. The number of rotatable bonds is 7. The highest BCUT2D eigenvalue weighted by Crippen LogP contribution is 2.25. The van der Waals surface area contributed by atoms with Crippen LogP contribution in [0, 0.1) is 0 Å². The van der Waals surface area contributed by atoms with E-state index >= 15 is 0 Å². The molecular weight excluding hydrogens is 278 g/mol. The highest BCUT2D eigenvalue weighted by atomic mass is 16.3. The average molecular weight is 301 g/mol. The number of hydrogen-bond acceptors (Lipinski definition) is 4. The van der Waals surface area contributed by atoms with Crippen LogP contribution in [-0.2, 0) is 6.42 Å². The number of hydrogen-bond donors (Lipinski definition) is 4. The number of phenols is 3. The molecule has 2 aromatic rings. The van der Waals surface area contributed by atoms with Gasteiger partial charge in [0.15, 0.2) is 11.5 Å². The molecule has 0 aliphatic rings. The van der Waals surface area contributed by atoms with Crippen LogP contribution in [0.1, 0.15) is 30.4 Å². The minimum absolute atomic E-state index is 0.0709. The number of benzene rings is 2. The lowest BCUT2D eigenvalue weighted by molar-refractivity contribution is 0.403. The summed E-state index contributed by atoms with van der Waals surface area (Å²) in [7, 11) is 0. The van der Waals surface area contributed by atoms with Crippen molar-refractivity contribution in [2.24, 2.45) is 0 Å². The largest absolute Gasteiger partial charge is 0.508 e. The standard InChI is InChI=1S/C18H23NO3/c1-13(15-3-5-16(20)6-4-15)8-10-19-11-9-14-2-7-17(21)18(22)12-14/h2-7,12-13,19-22H,8-11H2,1H3. The highest BCUT2D eigenvalue weighted by Gasteiger charge is 2.05. The second kappa shape index (κ2) is 7.71. The van der Waals surface area contributed by atoms with Crippen LogP contribution in [0.25, 0.3) is 0 Å². The van der Waals surface area contributed by atoms with Crippen molar-refractivity contribution in [2.75, 3.05) is 13.1 Å². The van der Waals surface area contributed by atoms with Crippen molar-refractivity contribution in [1.82, 2.24) is 5.32 Å². The molecule has 4 nitrogen and oxygen atoms in total. The summed E-state index contributed by atoms with van der Waals surface area (Å²) < 4.78 is 0. The van der Waals surface area contributed by atoms with Crippen molar-refractivity contribution in [3.05, 3.63) is 53.6 Å². The predicted molar refractivity (Wildman–Crippen MR) is 87.5 cm³/mol. The van der Waals surface area contributed by atoms with Crippen molar-refractivity contribution in [3.8, 4) is 17.2 Å². The molecule has 118 valence electrons. The van der Waals surface area contributed by atoms with E-state index in [1.807, 2.05) is 18.2 Å². The molecule has 2 aromatic carbocycles. The van der Waals surface area contributed by atoms with Crippen molar-refractivity contribution >= 4 is 0 Å². The summed E-state index contributed by atoms with van der Waals surface area (Å²) in [5.74, 6) is 0.579. The van der Waals surface area contributed by atoms with Crippen molar-refractivity contribution < 1.29 is 15.3 Å². The molecule has 1 unspecified atom stereocenters. The number of phenolic OH excluding ortho intramolecular Hbond substituents is 3. The SMILES string of the molecule is CC(CCNCCc1ccc(O)c(O)c1)c1ccc(O)cc1. The number of aromatic hydroxyl groups is 3. The topological polar surface area (TPSA) is 72.7 Å². The van der Waals surface area contributed by atoms with Gasteiger partial charge in [-0.15, -0.1) is 0 Å². The van der Waals surface area contributed by atoms with Gasteiger partial charge in [0.05, 0.1) is 0 Å². The third-order valence-electron chi connectivity index (χ3n) is 3.85. The first kappa shape index (κ1) is 16.2. The molecule has 0 amide bonds. The van der Waals surface area contributed by atoms with Crippen LogP contribution in [0.15, 0.2) is 42.5 Å². The first-order chi connectivity index (χ1) is 10.6. The molecule has 4 heteroatoms. The van der Waals surface area contributed by atoms with Crippen LogP contribution in [0.2, 0.25) is 0 Å². The molecule has 0 spiro atoms. The van der Waals surface area contributed by atoms with E-state index in [2.05, 4.69) is 12.2 Å². The third-order valence-corrected chi connectivity index (χ3v) is 3.85. The van der Waals surface area contributed by atoms with E-state index in [1.165, 1.54) is 11.6 Å². The summed E-state index contributed by atoms with van der Waals surface area (Å²) >= 11 is 0. The smallest absolute Gasteiger partial charge is 0.157 e. The van der Waals surface area contributed by atoms with Gasteiger partial charge in [-0.3, -0.25) is 0 Å². The fraction of sp³-hybridized carbons (Fsp3) is 0.333. The maximum atomic E-state index is 9.43. The Morgan fingerprint density at radius 2 is 1.64 bits per heavy atom. The lowest BCUT2D eigenvalue weighted by atomic mass is 9.98. The average Bonchev–Trinajstić information content (AvgIpc) is 2.51. The van der Waals surface area contributed by atoms with E-state index in [0.717, 1.165) is 31.5 Å². The van der Waals surface area contributed by atoms with Gasteiger partial charge in [0.25, 0.3) is 0 Å². The van der Waals surface area contributed by atoms with Gasteiger partial charge in [-0.05, 0) is 67.2 Å². The summed E-state index contributed by atoms with van der Waals surface area (Å²) in [4.78, 5) is 0. The summed E-state index contributed by atoms with van der Waals surface area (Å²) in [6.45, 7) is 3.91. The Morgan fingerprint density at radius 3 is 2.32 bits per heavy atom. The molecule has 0 heterocycles. The summed E-state index contributed by atoms with van der Waals surface area (Å²) in [6.07, 6.45) is 1.83. The molecule has 0 aromatic heterocycles. The van der Waals surface area contributed by atoms with Gasteiger partial charge in [-0.1, -0.05) is 25.1 Å². The van der Waals surface area contributed by atoms with Gasteiger partial charge in [0.2, 0.25) is 0 Å². The summed E-state index contributed by atoms with van der Waals surface area (Å²) in [5.41, 5.74) is 2.22. The monoisotopic (exact) mass is 301 g/mol. The Balaban J connectivity index is 1.68. The maximum Gasteiger partial charge on any atom is 0.157 e. The second-order valence-corrected chi connectivity index (χ2v) is 5.60. The molecular formula is C18H23NO3. The van der Waals surface area contributed by atoms with Gasteiger partial charge in [-0.2, -0.15) is 0 Å². The molecule has 22 heavy (non-hydrogen) atoms. The van der Waals surface area contributed by atoms with E-state index in [0.29, 0.717) is 11.7 Å². The van der Waals surface area contributed by atoms with E-state index in [4.69, 9.17) is 0 Å². The molecule has 4 N–H and O–H groups in total. The van der Waals surface area contributed by atoms with Crippen LogP contribution in [-0.4, -0.2) is 28.4 Å². The molecule has 0 aliphatic heterocycles. The second-order valence-electron chi connectivity index (χ2n) is 5.60. The number of nitrogens with one attached hydrogen (secondary N) is 1. The van der Waals surface area contributed by atoms with Gasteiger partial charge >= 0.3 is 0 Å². The molecule has 0 bridgehead atoms. The lowest BCUT2D eigenvalue weighted by Crippen LogP contribution is -2.19. The Morgan fingerprint density at radius 1 is 0.909 bits per heavy atom.